The smallest absolute Gasteiger partial charge is 0.261 e. The van der Waals surface area contributed by atoms with Crippen LogP contribution in [0.15, 0.2) is 274 Å². The summed E-state index contributed by atoms with van der Waals surface area (Å²) in [5.74, 6) is 1.70. The fourth-order valence-electron chi connectivity index (χ4n) is 16.2. The molecule has 5 fully saturated rings. The highest BCUT2D eigenvalue weighted by atomic mass is 35.5. The summed E-state index contributed by atoms with van der Waals surface area (Å²) in [6.07, 6.45) is 18.9. The number of anilines is 9. The summed E-state index contributed by atoms with van der Waals surface area (Å²) in [5.41, 5.74) is 8.41. The van der Waals surface area contributed by atoms with Crippen molar-refractivity contribution in [2.75, 3.05) is 133 Å². The van der Waals surface area contributed by atoms with Gasteiger partial charge in [0.1, 0.15) is 34.9 Å². The molecule has 0 radical (unpaired) electrons. The van der Waals surface area contributed by atoms with Crippen LogP contribution in [0.1, 0.15) is 127 Å². The first-order valence-corrected chi connectivity index (χ1v) is 46.8. The molecule has 5 aliphatic heterocycles. The van der Waals surface area contributed by atoms with Crippen LogP contribution in [-0.4, -0.2) is 195 Å². The summed E-state index contributed by atoms with van der Waals surface area (Å²) >= 11 is 29.9. The van der Waals surface area contributed by atoms with Crippen molar-refractivity contribution in [3.05, 3.63) is 338 Å². The number of nitrogens with zero attached hydrogens (tertiary/aromatic N) is 9. The first-order chi connectivity index (χ1) is 64.8. The van der Waals surface area contributed by atoms with Crippen molar-refractivity contribution in [3.63, 3.8) is 0 Å². The highest BCUT2D eigenvalue weighted by molar-refractivity contribution is 6.32. The molecule has 7 aromatic carbocycles. The SMILES string of the molecule is CN1CCCC(Nc2ncccc2C(=O)Nc2cccc(Cl)c2)C1.O=C(Nc1cccc(Cl)c1)c1cccnc1NC1CCCN(CCO)C1.O=C(Nc1cccc(Cl)c1)c1cccnc1NC1CCCN(Cc2ccccc2)C1.O=C(Nc1cccc(Cl)c1)c1cccnc1NC1CCCNC1.O=C(Nc1cccc(Cl)c1)c1cccnc1OC1CCN(Cc2ccccc2)CC1. The minimum atomic E-state index is -0.262. The number of carbonyl (C=O) groups excluding carboxylic acids is 5. The second kappa shape index (κ2) is 51.8. The highest BCUT2D eigenvalue weighted by Crippen LogP contribution is 2.30. The number of hydrogen-bond acceptors (Lipinski definition) is 21. The van der Waals surface area contributed by atoms with E-state index in [0.29, 0.717) is 123 Å². The average Bonchev–Trinajstić information content (AvgIpc) is 0.833. The van der Waals surface area contributed by atoms with E-state index in [9.17, 15) is 24.0 Å². The van der Waals surface area contributed by atoms with Crippen molar-refractivity contribution < 1.29 is 33.8 Å². The van der Waals surface area contributed by atoms with E-state index in [0.717, 1.165) is 143 Å². The van der Waals surface area contributed by atoms with Crippen LogP contribution in [0.25, 0.3) is 0 Å². The number of hydrogen-bond donors (Lipinski definition) is 11. The molecule has 5 saturated heterocycles. The van der Waals surface area contributed by atoms with Gasteiger partial charge in [0.15, 0.2) is 0 Å². The Morgan fingerprint density at radius 2 is 0.699 bits per heavy atom. The molecule has 26 nitrogen and oxygen atoms in total. The number of aromatic nitrogens is 5. The fourth-order valence-corrected chi connectivity index (χ4v) is 17.1. The molecule has 0 spiro atoms. The third kappa shape index (κ3) is 32.1. The van der Waals surface area contributed by atoms with Gasteiger partial charge < -0.3 is 67.9 Å². The van der Waals surface area contributed by atoms with E-state index in [-0.39, 0.29) is 60.4 Å². The number of halogens is 5. The minimum absolute atomic E-state index is 0.0460. The zero-order chi connectivity index (χ0) is 92.9. The lowest BCUT2D eigenvalue weighted by molar-refractivity contribution is 0.0893. The maximum atomic E-state index is 12.8. The lowest BCUT2D eigenvalue weighted by Gasteiger charge is -2.33. The number of ether oxygens (including phenoxy) is 1. The van der Waals surface area contributed by atoms with E-state index in [1.165, 1.54) is 11.1 Å². The molecular formula is C102H112Cl5N19O7. The van der Waals surface area contributed by atoms with Crippen LogP contribution in [0.5, 0.6) is 5.88 Å². The lowest BCUT2D eigenvalue weighted by Crippen LogP contribution is -2.43. The minimum Gasteiger partial charge on any atom is -0.474 e. The molecule has 4 unspecified atom stereocenters. The normalized spacial score (nSPS) is 16.9. The average molecular weight is 1890 g/mol. The molecule has 0 bridgehead atoms. The Kier molecular flexibility index (Phi) is 38.3. The van der Waals surface area contributed by atoms with Crippen LogP contribution in [-0.2, 0) is 13.1 Å². The predicted octanol–water partition coefficient (Wildman–Crippen LogP) is 19.6. The van der Waals surface area contributed by atoms with Gasteiger partial charge in [-0.2, -0.15) is 0 Å². The molecule has 11 N–H and O–H groups in total. The Bertz CT molecular complexity index is 5750. The Hall–Kier alpha value is -12.2. The zero-order valence-corrected chi connectivity index (χ0v) is 77.9. The molecule has 12 aromatic rings. The van der Waals surface area contributed by atoms with Gasteiger partial charge in [0, 0.05) is 168 Å². The molecule has 0 saturated carbocycles. The lowest BCUT2D eigenvalue weighted by atomic mass is 10.0. The Morgan fingerprint density at radius 1 is 0.361 bits per heavy atom. The van der Waals surface area contributed by atoms with Gasteiger partial charge >= 0.3 is 0 Å². The summed E-state index contributed by atoms with van der Waals surface area (Å²) in [5, 5.41) is 43.4. The standard InChI is InChI=1S/C24H25ClN4O.C24H24ClN3O2.C19H23ClN4O2.C18H21ClN4O.C17H19ClN4O/c25-19-9-4-10-20(15-19)28-24(30)22-12-5-13-26-23(22)27-21-11-6-14-29(17-21)16-18-7-2-1-3-8-18;25-19-8-4-9-20(16-19)27-23(29)22-10-5-13-26-24(22)30-21-11-14-28(15-12-21)17-18-6-2-1-3-7-18;20-14-4-1-5-15(12-14)23-19(26)17-7-2-8-21-18(17)22-16-6-3-9-24(13-16)10-11-25;1-23-10-4-7-15(12-23)21-17-16(8-3-9-20-17)18(24)22-14-6-2-5-13(19)11-14;18-12-4-1-5-13(10-12)22-17(23)15-7-3-9-20-16(15)21-14-6-2-8-19-11-14/h1-5,7-10,12-13,15,21H,6,11,14,16-17H2,(H,26,27)(H,28,30);1-10,13,16,21H,11-12,14-15,17H2,(H,27,29);1-2,4-5,7-8,12,16,25H,3,6,9-11,13H2,(H,21,22)(H,23,26);2-3,5-6,8-9,11,15H,4,7,10,12H2,1H3,(H,20,21)(H,22,24);1,3-5,7,9-10,14,19H,2,6,8,11H2,(H,20,21)(H,22,23). The number of nitrogens with one attached hydrogen (secondary N) is 10. The van der Waals surface area contributed by atoms with Gasteiger partial charge in [-0.3, -0.25) is 38.7 Å². The summed E-state index contributed by atoms with van der Waals surface area (Å²) in [4.78, 5) is 94.6. The quantitative estimate of drug-likeness (QED) is 0.0240. The van der Waals surface area contributed by atoms with E-state index in [1.807, 2.05) is 30.3 Å². The number of pyridine rings is 5. The molecular weight excluding hydrogens is 1780 g/mol. The number of likely N-dealkylation sites (N-methyl/N-ethyl adjacent to an activating group) is 1. The number of carbonyl (C=O) groups is 5. The number of likely N-dealkylation sites (tertiary alicyclic amines) is 4. The van der Waals surface area contributed by atoms with E-state index >= 15 is 0 Å². The van der Waals surface area contributed by atoms with Crippen LogP contribution >= 0.6 is 58.0 Å². The van der Waals surface area contributed by atoms with Gasteiger partial charge in [-0.05, 0) is 260 Å². The van der Waals surface area contributed by atoms with Crippen molar-refractivity contribution in [2.24, 2.45) is 0 Å². The number of rotatable bonds is 26. The van der Waals surface area contributed by atoms with E-state index in [4.69, 9.17) is 67.8 Å². The number of aliphatic hydroxyl groups excluding tert-OH is 1. The fraction of sp³-hybridized carbons (Fsp3) is 0.294. The summed E-state index contributed by atoms with van der Waals surface area (Å²) in [6.45, 7) is 12.4. The largest absolute Gasteiger partial charge is 0.474 e. The summed E-state index contributed by atoms with van der Waals surface area (Å²) in [7, 11) is 2.11. The molecule has 31 heteroatoms. The van der Waals surface area contributed by atoms with Crippen LogP contribution in [0.2, 0.25) is 25.1 Å². The van der Waals surface area contributed by atoms with Gasteiger partial charge in [0.2, 0.25) is 5.88 Å². The third-order valence-electron chi connectivity index (χ3n) is 22.7. The first kappa shape index (κ1) is 98.4. The summed E-state index contributed by atoms with van der Waals surface area (Å²) < 4.78 is 6.14. The Morgan fingerprint density at radius 3 is 1.08 bits per heavy atom. The molecule has 5 aliphatic rings. The van der Waals surface area contributed by atoms with Gasteiger partial charge in [-0.15, -0.1) is 0 Å². The van der Waals surface area contributed by atoms with Crippen LogP contribution in [0.4, 0.5) is 51.7 Å². The molecule has 17 rings (SSSR count). The molecule has 133 heavy (non-hydrogen) atoms. The van der Waals surface area contributed by atoms with E-state index < -0.39 is 0 Å². The topological polar surface area (TPSA) is 313 Å². The van der Waals surface area contributed by atoms with Crippen molar-refractivity contribution in [3.8, 4) is 5.88 Å². The van der Waals surface area contributed by atoms with Gasteiger partial charge in [0.25, 0.3) is 29.5 Å². The second-order valence-electron chi connectivity index (χ2n) is 33.0. The van der Waals surface area contributed by atoms with E-state index in [2.05, 4.69) is 153 Å². The number of piperidine rings is 5. The molecule has 5 aromatic heterocycles. The van der Waals surface area contributed by atoms with Gasteiger partial charge in [-0.25, -0.2) is 24.9 Å². The summed E-state index contributed by atoms with van der Waals surface area (Å²) in [6, 6.07) is 75.1. The molecule has 5 amide bonds. The predicted molar refractivity (Wildman–Crippen MR) is 536 cm³/mol. The van der Waals surface area contributed by atoms with Crippen LogP contribution in [0.3, 0.4) is 0 Å². The maximum Gasteiger partial charge on any atom is 0.261 e. The van der Waals surface area contributed by atoms with Crippen LogP contribution < -0.4 is 57.9 Å². The Balaban J connectivity index is 0.000000142. The van der Waals surface area contributed by atoms with Crippen molar-refractivity contribution in [1.29, 1.82) is 0 Å². The molecule has 10 heterocycles. The van der Waals surface area contributed by atoms with Gasteiger partial charge in [0.05, 0.1) is 28.9 Å². The maximum absolute atomic E-state index is 12.8. The number of amides is 5. The van der Waals surface area contributed by atoms with Crippen LogP contribution in [0, 0.1) is 0 Å². The Labute approximate surface area is 802 Å². The first-order valence-electron chi connectivity index (χ1n) is 44.9. The second-order valence-corrected chi connectivity index (χ2v) is 35.2. The molecule has 692 valence electrons. The zero-order valence-electron chi connectivity index (χ0n) is 74.1. The highest BCUT2D eigenvalue weighted by Gasteiger charge is 2.29. The van der Waals surface area contributed by atoms with Gasteiger partial charge in [-0.1, -0.05) is 149 Å². The van der Waals surface area contributed by atoms with Crippen molar-refractivity contribution >= 4 is 139 Å². The monoisotopic (exact) mass is 1890 g/mol. The van der Waals surface area contributed by atoms with Crippen molar-refractivity contribution in [2.45, 2.75) is 108 Å². The van der Waals surface area contributed by atoms with Crippen molar-refractivity contribution in [1.82, 2.24) is 49.8 Å². The van der Waals surface area contributed by atoms with E-state index in [1.54, 1.807) is 195 Å². The number of β-amino-alcohol motifs (C(OH)–C–C–N with tert-alkyl or cyclic N) is 1. The third-order valence-corrected chi connectivity index (χ3v) is 23.8. The number of aliphatic hydroxyl groups is 1. The molecule has 4 atom stereocenters. The molecule has 0 aliphatic carbocycles. The number of benzene rings is 7.